The number of fused-ring (bicyclic) bond motifs is 2. The molecule has 0 saturated heterocycles. The molecule has 2 aromatic heterocycles. The highest BCUT2D eigenvalue weighted by Crippen LogP contribution is 2.42. The molecule has 1 atom stereocenters. The van der Waals surface area contributed by atoms with Gasteiger partial charge in [0.2, 0.25) is 5.76 Å². The molecule has 1 aliphatic heterocycles. The fraction of sp³-hybridized carbons (Fsp3) is 0.276. The number of pyridine rings is 1. The molecule has 4 aromatic rings. The van der Waals surface area contributed by atoms with Crippen LogP contribution in [0.2, 0.25) is 0 Å². The molecule has 3 heterocycles. The van der Waals surface area contributed by atoms with E-state index in [-0.39, 0.29) is 16.8 Å². The van der Waals surface area contributed by atoms with Gasteiger partial charge in [-0.25, -0.2) is 4.98 Å². The lowest BCUT2D eigenvalue weighted by Gasteiger charge is -2.25. The van der Waals surface area contributed by atoms with Gasteiger partial charge in [-0.05, 0) is 66.8 Å². The number of ether oxygens (including phenoxy) is 2. The smallest absolute Gasteiger partial charge is 0.296 e. The number of hydrogen-bond donors (Lipinski definition) is 0. The quantitative estimate of drug-likeness (QED) is 0.336. The molecule has 5 rings (SSSR count). The molecule has 0 N–H and O–H groups in total. The van der Waals surface area contributed by atoms with Gasteiger partial charge in [0.1, 0.15) is 11.4 Å². The van der Waals surface area contributed by atoms with Gasteiger partial charge in [0.25, 0.3) is 5.91 Å². The van der Waals surface area contributed by atoms with E-state index in [4.69, 9.17) is 13.9 Å². The summed E-state index contributed by atoms with van der Waals surface area (Å²) in [6.45, 7) is 6.77. The van der Waals surface area contributed by atoms with Crippen molar-refractivity contribution in [2.24, 2.45) is 5.92 Å². The number of methoxy groups -OCH3 is 1. The average Bonchev–Trinajstić information content (AvgIpc) is 3.16. The van der Waals surface area contributed by atoms with Crippen molar-refractivity contribution in [1.29, 1.82) is 0 Å². The van der Waals surface area contributed by atoms with E-state index in [1.165, 1.54) is 4.90 Å². The zero-order valence-corrected chi connectivity index (χ0v) is 20.8. The first-order valence-electron chi connectivity index (χ1n) is 12.0. The Balaban J connectivity index is 1.68. The molecule has 2 aromatic carbocycles. The van der Waals surface area contributed by atoms with E-state index >= 15 is 0 Å². The number of benzene rings is 2. The van der Waals surface area contributed by atoms with Crippen molar-refractivity contribution in [1.82, 2.24) is 4.98 Å². The third kappa shape index (κ3) is 4.11. The van der Waals surface area contributed by atoms with Crippen LogP contribution < -0.4 is 19.8 Å². The third-order valence-electron chi connectivity index (χ3n) is 6.38. The van der Waals surface area contributed by atoms with E-state index in [2.05, 4.69) is 18.8 Å². The van der Waals surface area contributed by atoms with Crippen molar-refractivity contribution in [3.8, 4) is 11.5 Å². The monoisotopic (exact) mass is 484 g/mol. The molecule has 0 spiro atoms. The maximum absolute atomic E-state index is 13.7. The van der Waals surface area contributed by atoms with Crippen molar-refractivity contribution < 1.29 is 18.7 Å². The SMILES string of the molecule is COc1cc([C@H]2c3c(oc4ccccc4c3=O)C(=O)N2c2cc(C)ccn2)ccc1OCCC(C)C. The van der Waals surface area contributed by atoms with Crippen LogP contribution >= 0.6 is 0 Å². The molecular formula is C29H28N2O5. The van der Waals surface area contributed by atoms with Crippen molar-refractivity contribution in [3.63, 3.8) is 0 Å². The molecule has 184 valence electrons. The van der Waals surface area contributed by atoms with Crippen molar-refractivity contribution >= 4 is 22.7 Å². The molecular weight excluding hydrogens is 456 g/mol. The summed E-state index contributed by atoms with van der Waals surface area (Å²) in [6, 6.07) is 15.4. The van der Waals surface area contributed by atoms with Gasteiger partial charge in [0.05, 0.1) is 30.7 Å². The number of carbonyl (C=O) groups is 1. The Labute approximate surface area is 209 Å². The zero-order valence-electron chi connectivity index (χ0n) is 20.8. The number of aromatic nitrogens is 1. The van der Waals surface area contributed by atoms with Crippen LogP contribution in [0.15, 0.2) is 70.0 Å². The maximum atomic E-state index is 13.7. The third-order valence-corrected chi connectivity index (χ3v) is 6.38. The lowest BCUT2D eigenvalue weighted by atomic mass is 9.98. The van der Waals surface area contributed by atoms with E-state index in [1.807, 2.05) is 37.3 Å². The molecule has 0 radical (unpaired) electrons. The second-order valence-corrected chi connectivity index (χ2v) is 9.38. The summed E-state index contributed by atoms with van der Waals surface area (Å²) in [5, 5.41) is 0.425. The fourth-order valence-corrected chi connectivity index (χ4v) is 4.50. The molecule has 0 fully saturated rings. The summed E-state index contributed by atoms with van der Waals surface area (Å²) >= 11 is 0. The molecule has 1 amide bonds. The molecule has 0 saturated carbocycles. The van der Waals surface area contributed by atoms with Gasteiger partial charge in [-0.3, -0.25) is 14.5 Å². The van der Waals surface area contributed by atoms with Crippen molar-refractivity contribution in [3.05, 3.63) is 93.5 Å². The van der Waals surface area contributed by atoms with E-state index in [0.29, 0.717) is 46.4 Å². The van der Waals surface area contributed by atoms with Gasteiger partial charge < -0.3 is 13.9 Å². The summed E-state index contributed by atoms with van der Waals surface area (Å²) in [6.07, 6.45) is 2.56. The highest BCUT2D eigenvalue weighted by Gasteiger charge is 2.44. The number of carbonyl (C=O) groups excluding carboxylic acids is 1. The first-order valence-corrected chi connectivity index (χ1v) is 12.0. The number of aryl methyl sites for hydroxylation is 1. The van der Waals surface area contributed by atoms with Crippen LogP contribution in [0.3, 0.4) is 0 Å². The van der Waals surface area contributed by atoms with E-state index in [1.54, 1.807) is 37.6 Å². The lowest BCUT2D eigenvalue weighted by molar-refractivity contribution is 0.0970. The molecule has 7 nitrogen and oxygen atoms in total. The number of rotatable bonds is 7. The minimum Gasteiger partial charge on any atom is -0.493 e. The second kappa shape index (κ2) is 9.49. The molecule has 1 aliphatic rings. The Morgan fingerprint density at radius 1 is 1.06 bits per heavy atom. The van der Waals surface area contributed by atoms with E-state index < -0.39 is 11.9 Å². The second-order valence-electron chi connectivity index (χ2n) is 9.38. The first-order chi connectivity index (χ1) is 17.4. The van der Waals surface area contributed by atoms with Crippen LogP contribution in [0.5, 0.6) is 11.5 Å². The summed E-state index contributed by atoms with van der Waals surface area (Å²) in [7, 11) is 1.57. The number of nitrogens with zero attached hydrogens (tertiary/aromatic N) is 2. The number of hydrogen-bond acceptors (Lipinski definition) is 6. The number of amides is 1. The lowest BCUT2D eigenvalue weighted by Crippen LogP contribution is -2.30. The van der Waals surface area contributed by atoms with Gasteiger partial charge in [0.15, 0.2) is 16.9 Å². The largest absolute Gasteiger partial charge is 0.493 e. The van der Waals surface area contributed by atoms with E-state index in [9.17, 15) is 9.59 Å². The summed E-state index contributed by atoms with van der Waals surface area (Å²) < 4.78 is 17.6. The predicted octanol–water partition coefficient (Wildman–Crippen LogP) is 5.68. The van der Waals surface area contributed by atoms with Crippen LogP contribution in [0, 0.1) is 12.8 Å². The van der Waals surface area contributed by atoms with Crippen LogP contribution in [0.25, 0.3) is 11.0 Å². The predicted molar refractivity (Wildman–Crippen MR) is 138 cm³/mol. The highest BCUT2D eigenvalue weighted by molar-refractivity contribution is 6.10. The average molecular weight is 485 g/mol. The Morgan fingerprint density at radius 3 is 2.61 bits per heavy atom. The minimum atomic E-state index is -0.735. The Bertz CT molecular complexity index is 1510. The molecule has 36 heavy (non-hydrogen) atoms. The standard InChI is InChI=1S/C29H28N2O5/c1-17(2)12-14-35-22-10-9-19(16-23(22)34-4)26-25-27(32)20-7-5-6-8-21(20)36-28(25)29(33)31(26)24-15-18(3)11-13-30-24/h5-11,13,15-17,26H,12,14H2,1-4H3/t26-/m0/s1. The van der Waals surface area contributed by atoms with Crippen LogP contribution in [0.1, 0.15) is 53.6 Å². The summed E-state index contributed by atoms with van der Waals surface area (Å²) in [5.74, 6) is 1.71. The van der Waals surface area contributed by atoms with E-state index in [0.717, 1.165) is 12.0 Å². The van der Waals surface area contributed by atoms with Gasteiger partial charge in [-0.15, -0.1) is 0 Å². The van der Waals surface area contributed by atoms with Crippen LogP contribution in [0.4, 0.5) is 5.82 Å². The number of para-hydroxylation sites is 1. The molecule has 0 bridgehead atoms. The first kappa shape index (κ1) is 23.6. The topological polar surface area (TPSA) is 81.9 Å². The fourth-order valence-electron chi connectivity index (χ4n) is 4.50. The summed E-state index contributed by atoms with van der Waals surface area (Å²) in [5.41, 5.74) is 2.06. The Hall–Kier alpha value is -4.13. The minimum absolute atomic E-state index is 0.0308. The molecule has 0 aliphatic carbocycles. The highest BCUT2D eigenvalue weighted by atomic mass is 16.5. The van der Waals surface area contributed by atoms with Gasteiger partial charge in [-0.2, -0.15) is 0 Å². The summed E-state index contributed by atoms with van der Waals surface area (Å²) in [4.78, 5) is 33.4. The molecule has 0 unspecified atom stereocenters. The Kier molecular flexibility index (Phi) is 6.22. The zero-order chi connectivity index (χ0) is 25.4. The van der Waals surface area contributed by atoms with Crippen molar-refractivity contribution in [2.45, 2.75) is 33.2 Å². The molecule has 7 heteroatoms. The Morgan fingerprint density at radius 2 is 1.86 bits per heavy atom. The van der Waals surface area contributed by atoms with Gasteiger partial charge >= 0.3 is 0 Å². The van der Waals surface area contributed by atoms with Crippen LogP contribution in [-0.4, -0.2) is 24.6 Å². The maximum Gasteiger partial charge on any atom is 0.296 e. The van der Waals surface area contributed by atoms with Crippen molar-refractivity contribution in [2.75, 3.05) is 18.6 Å². The van der Waals surface area contributed by atoms with Gasteiger partial charge in [-0.1, -0.05) is 32.0 Å². The van der Waals surface area contributed by atoms with Crippen LogP contribution in [-0.2, 0) is 0 Å². The number of anilines is 1. The van der Waals surface area contributed by atoms with Gasteiger partial charge in [0, 0.05) is 6.20 Å². The normalized spacial score (nSPS) is 15.0.